The van der Waals surface area contributed by atoms with Gasteiger partial charge in [-0.15, -0.1) is 4.68 Å². The summed E-state index contributed by atoms with van der Waals surface area (Å²) < 4.78 is 19.4. The molecule has 0 saturated heterocycles. The second-order valence-electron chi connectivity index (χ2n) is 3.59. The van der Waals surface area contributed by atoms with Crippen molar-refractivity contribution >= 4 is 34.5 Å². The van der Waals surface area contributed by atoms with Gasteiger partial charge < -0.3 is 4.74 Å². The number of aromatic nitrogens is 6. The zero-order valence-electron chi connectivity index (χ0n) is 11.0. The molecule has 0 aromatic carbocycles. The van der Waals surface area contributed by atoms with Crippen molar-refractivity contribution in [3.8, 4) is 11.0 Å². The molecule has 0 N–H and O–H groups in total. The number of tetrazole rings is 1. The first-order valence-corrected chi connectivity index (χ1v) is 7.27. The van der Waals surface area contributed by atoms with E-state index in [1.807, 2.05) is 0 Å². The molecule has 20 heavy (non-hydrogen) atoms. The number of hydrogen-bond donors (Lipinski definition) is 0. The van der Waals surface area contributed by atoms with Gasteiger partial charge in [0.05, 0.1) is 6.93 Å². The van der Waals surface area contributed by atoms with Gasteiger partial charge in [0.15, 0.2) is 5.82 Å². The maximum Gasteiger partial charge on any atom is 0.369 e. The lowest BCUT2D eigenvalue weighted by Crippen LogP contribution is -2.23. The standard InChI is InChI=1S/C9H7ClN6O2S2/c1-15-9(17)16(14-13-15)7-5(6(10)20-12-7)4-18-8-11-2-3-19-8/h2-3H,4H2,1H3/i2T. The van der Waals surface area contributed by atoms with E-state index in [1.54, 1.807) is 5.38 Å². The van der Waals surface area contributed by atoms with Gasteiger partial charge in [-0.05, 0) is 22.0 Å². The van der Waals surface area contributed by atoms with E-state index in [0.717, 1.165) is 20.9 Å². The first-order valence-electron chi connectivity index (χ1n) is 5.74. The highest BCUT2D eigenvalue weighted by Gasteiger charge is 2.19. The molecule has 0 bridgehead atoms. The van der Waals surface area contributed by atoms with Gasteiger partial charge in [0.2, 0.25) is 0 Å². The minimum Gasteiger partial charge on any atom is -0.465 e. The highest BCUT2D eigenvalue weighted by Crippen LogP contribution is 2.27. The number of thiazole rings is 1. The number of aryl methyl sites for hydroxylation is 1. The van der Waals surface area contributed by atoms with E-state index in [2.05, 4.69) is 19.8 Å². The molecule has 0 spiro atoms. The summed E-state index contributed by atoms with van der Waals surface area (Å²) in [6, 6.07) is 0. The van der Waals surface area contributed by atoms with Crippen molar-refractivity contribution in [3.63, 3.8) is 0 Å². The Hall–Kier alpha value is -1.78. The van der Waals surface area contributed by atoms with Crippen molar-refractivity contribution in [2.75, 3.05) is 0 Å². The number of halogens is 1. The van der Waals surface area contributed by atoms with E-state index in [9.17, 15) is 4.79 Å². The fourth-order valence-corrected chi connectivity index (χ4v) is 2.69. The molecule has 3 rings (SSSR count). The monoisotopic (exact) mass is 332 g/mol. The maximum absolute atomic E-state index is 11.9. The normalized spacial score (nSPS) is 11.6. The summed E-state index contributed by atoms with van der Waals surface area (Å²) in [5, 5.41) is 9.25. The molecule has 3 aromatic rings. The lowest BCUT2D eigenvalue weighted by atomic mass is 10.3. The van der Waals surface area contributed by atoms with Gasteiger partial charge in [-0.3, -0.25) is 0 Å². The molecular formula is C9H7ClN6O2S2. The molecule has 0 saturated carbocycles. The summed E-state index contributed by atoms with van der Waals surface area (Å²) in [6.07, 6.45) is 0.134. The Morgan fingerprint density at radius 2 is 2.40 bits per heavy atom. The molecule has 11 heteroatoms. The van der Waals surface area contributed by atoms with E-state index in [-0.39, 0.29) is 18.6 Å². The van der Waals surface area contributed by atoms with Gasteiger partial charge in [-0.25, -0.2) is 9.78 Å². The maximum atomic E-state index is 11.9. The van der Waals surface area contributed by atoms with Crippen LogP contribution in [0.2, 0.25) is 4.34 Å². The lowest BCUT2D eigenvalue weighted by molar-refractivity contribution is 0.304. The summed E-state index contributed by atoms with van der Waals surface area (Å²) in [4.78, 5) is 15.7. The second-order valence-corrected chi connectivity index (χ2v) is 5.78. The van der Waals surface area contributed by atoms with Crippen molar-refractivity contribution in [1.82, 2.24) is 29.1 Å². The molecule has 0 fully saturated rings. The van der Waals surface area contributed by atoms with Crippen LogP contribution >= 0.6 is 34.5 Å². The predicted molar refractivity (Wildman–Crippen MR) is 73.7 cm³/mol. The summed E-state index contributed by atoms with van der Waals surface area (Å²) >= 11 is 8.31. The largest absolute Gasteiger partial charge is 0.465 e. The van der Waals surface area contributed by atoms with Crippen LogP contribution in [0.4, 0.5) is 0 Å². The van der Waals surface area contributed by atoms with Crippen LogP contribution in [0.15, 0.2) is 16.3 Å². The number of nitrogens with zero attached hydrogens (tertiary/aromatic N) is 6. The molecule has 3 heterocycles. The van der Waals surface area contributed by atoms with Crippen LogP contribution in [0.25, 0.3) is 5.82 Å². The minimum atomic E-state index is -0.430. The molecule has 0 atom stereocenters. The molecule has 0 aliphatic rings. The third-order valence-electron chi connectivity index (χ3n) is 2.35. The van der Waals surface area contributed by atoms with E-state index >= 15 is 0 Å². The smallest absolute Gasteiger partial charge is 0.369 e. The summed E-state index contributed by atoms with van der Waals surface area (Å²) in [5.74, 6) is 0.283. The summed E-state index contributed by atoms with van der Waals surface area (Å²) in [5.41, 5.74) is 0.0897. The van der Waals surface area contributed by atoms with Gasteiger partial charge in [0.25, 0.3) is 5.19 Å². The van der Waals surface area contributed by atoms with Crippen LogP contribution in [0, 0.1) is 0 Å². The zero-order valence-corrected chi connectivity index (χ0v) is 12.4. The average molecular weight is 333 g/mol. The summed E-state index contributed by atoms with van der Waals surface area (Å²) in [7, 11) is 1.49. The first-order chi connectivity index (χ1) is 10.1. The van der Waals surface area contributed by atoms with E-state index in [4.69, 9.17) is 17.7 Å². The van der Waals surface area contributed by atoms with E-state index < -0.39 is 5.69 Å². The second kappa shape index (κ2) is 5.31. The van der Waals surface area contributed by atoms with Crippen molar-refractivity contribution in [1.29, 1.82) is 0 Å². The summed E-state index contributed by atoms with van der Waals surface area (Å²) in [6.45, 7) is 0.0701. The Morgan fingerprint density at radius 1 is 1.55 bits per heavy atom. The average Bonchev–Trinajstić information content (AvgIpc) is 3.11. The molecule has 0 amide bonds. The molecule has 104 valence electrons. The highest BCUT2D eigenvalue weighted by atomic mass is 35.5. The van der Waals surface area contributed by atoms with Crippen molar-refractivity contribution in [2.45, 2.75) is 6.61 Å². The Labute approximate surface area is 126 Å². The Kier molecular flexibility index (Phi) is 3.18. The molecule has 3 aromatic heterocycles. The molecule has 0 unspecified atom stereocenters. The quantitative estimate of drug-likeness (QED) is 0.711. The van der Waals surface area contributed by atoms with Crippen LogP contribution < -0.4 is 10.4 Å². The molecule has 0 aliphatic carbocycles. The van der Waals surface area contributed by atoms with Gasteiger partial charge >= 0.3 is 5.69 Å². The lowest BCUT2D eigenvalue weighted by Gasteiger charge is -2.02. The van der Waals surface area contributed by atoms with Gasteiger partial charge in [-0.1, -0.05) is 22.9 Å². The van der Waals surface area contributed by atoms with Crippen molar-refractivity contribution in [3.05, 3.63) is 31.9 Å². The molecule has 0 aliphatic heterocycles. The van der Waals surface area contributed by atoms with Crippen molar-refractivity contribution in [2.24, 2.45) is 7.05 Å². The first kappa shape index (κ1) is 12.0. The minimum absolute atomic E-state index is 0.0701. The Balaban J connectivity index is 1.90. The predicted octanol–water partition coefficient (Wildman–Crippen LogP) is 1.11. The Morgan fingerprint density at radius 3 is 3.05 bits per heavy atom. The Bertz CT molecular complexity index is 840. The van der Waals surface area contributed by atoms with E-state index in [1.165, 1.54) is 18.4 Å². The van der Waals surface area contributed by atoms with Gasteiger partial charge in [-0.2, -0.15) is 9.06 Å². The zero-order chi connectivity index (χ0) is 15.0. The van der Waals surface area contributed by atoms with Crippen LogP contribution in [0.1, 0.15) is 6.93 Å². The molecule has 8 nitrogen and oxygen atoms in total. The van der Waals surface area contributed by atoms with E-state index in [0.29, 0.717) is 15.1 Å². The number of hydrogen-bond acceptors (Lipinski definition) is 8. The van der Waals surface area contributed by atoms with Crippen LogP contribution in [-0.4, -0.2) is 29.1 Å². The fourth-order valence-electron chi connectivity index (χ4n) is 1.40. The highest BCUT2D eigenvalue weighted by molar-refractivity contribution is 7.11. The SMILES string of the molecule is [3H]c1csc(OCc2c(-n3nnn(C)c3=O)nsc2Cl)n1. The topological polar surface area (TPSA) is 87.7 Å². The van der Waals surface area contributed by atoms with Gasteiger partial charge in [0.1, 0.15) is 10.9 Å². The third kappa shape index (κ3) is 2.32. The molecular weight excluding hydrogens is 324 g/mol. The third-order valence-corrected chi connectivity index (χ3v) is 4.09. The van der Waals surface area contributed by atoms with Crippen molar-refractivity contribution < 1.29 is 6.11 Å². The van der Waals surface area contributed by atoms with Crippen LogP contribution in [0.5, 0.6) is 5.19 Å². The van der Waals surface area contributed by atoms with Gasteiger partial charge in [0, 0.05) is 18.6 Å². The fraction of sp³-hybridized carbons (Fsp3) is 0.222. The molecule has 0 radical (unpaired) electrons. The number of rotatable bonds is 4. The number of ether oxygens (including phenoxy) is 1. The van der Waals surface area contributed by atoms with Crippen LogP contribution in [-0.2, 0) is 13.7 Å². The van der Waals surface area contributed by atoms with Crippen LogP contribution in [0.3, 0.4) is 0 Å².